The summed E-state index contributed by atoms with van der Waals surface area (Å²) in [6, 6.07) is 30.3. The van der Waals surface area contributed by atoms with E-state index in [0.29, 0.717) is 31.2 Å². The monoisotopic (exact) mass is 1940 g/mol. The lowest BCUT2D eigenvalue weighted by Crippen LogP contribution is -2.53. The number of allylic oxidation sites excluding steroid dienone is 2. The van der Waals surface area contributed by atoms with E-state index in [0.717, 1.165) is 97.6 Å². The maximum Gasteiger partial charge on any atom is 0.494 e. The standard InChI is InChI=1S/C32H43BF2N2O6.C26H31BrF2N2O4.C24H28F2N2O2.C12H24B2O4.C3H5Br/c1-20(38)36-26(16-21-14-24(34)18-25(35)15-21)27(39)19-37(28(40)41-29(2,3)4)32(12-13-32)22-10-9-11-23(17-22)33-42-30(5,6)31(7,8)43-33;1-16(32)30-22(12-17-10-20(28)14-21(29)11-17)23(33)15-31(24(34)35-25(2,3)4)26(8-9-26)18-6-5-7-19(27)13-18;1-15(2)18-5-4-6-19(12-18)24(7-8-24)27-14-23(30)22(28-16(3)29)11-17-9-20(25)13-21(26)10-17;1-9(2)10(3,4)16-13(15-9)14-17-11(5,6)12(7,8)18-14;1-3(2)4/h9-11,14-15,17-18,26-27,39H,12-13,16,19H2,1-8H3,(H,36,38);5-7,10-11,13-14,22-23,33H,8-9,12,15H2,1-4H3,(H,30,32);4-6,9-10,12-13,22-23,27,30H,1,7-8,11,14H2,2-3H3,(H,28,29);1-8H3;1H2,2H3/t26-,27+;2*22-,23+;;/m000../s1. The Morgan fingerprint density at radius 2 is 0.754 bits per heavy atom. The van der Waals surface area contributed by atoms with Crippen molar-refractivity contribution >= 4 is 93.9 Å². The fourth-order valence-corrected chi connectivity index (χ4v) is 15.7. The van der Waals surface area contributed by atoms with Gasteiger partial charge in [0.15, 0.2) is 0 Å². The first-order valence-corrected chi connectivity index (χ1v) is 45.5. The first kappa shape index (κ1) is 107. The molecule has 0 aromatic heterocycles. The van der Waals surface area contributed by atoms with Crippen LogP contribution in [-0.4, -0.2) is 177 Å². The fraction of sp³-hybridized carbons (Fsp3) is 0.536. The summed E-state index contributed by atoms with van der Waals surface area (Å²) in [6.45, 7) is 49.8. The van der Waals surface area contributed by atoms with Gasteiger partial charge in [-0.25, -0.2) is 35.9 Å². The van der Waals surface area contributed by atoms with Crippen LogP contribution in [0.5, 0.6) is 0 Å². The van der Waals surface area contributed by atoms with E-state index in [1.807, 2.05) is 158 Å². The Bertz CT molecular complexity index is 4860. The summed E-state index contributed by atoms with van der Waals surface area (Å²) in [5.41, 5.74) is 0.919. The molecule has 6 fully saturated rings. The minimum absolute atomic E-state index is 0.0263. The molecule has 6 aromatic rings. The second-order valence-corrected chi connectivity index (χ2v) is 42.1. The molecule has 5 amide bonds. The number of aliphatic hydroxyl groups excluding tert-OH is 3. The Labute approximate surface area is 781 Å². The number of halogens is 8. The van der Waals surface area contributed by atoms with Gasteiger partial charge in [0.2, 0.25) is 17.7 Å². The van der Waals surface area contributed by atoms with Crippen molar-refractivity contribution < 1.29 is 103 Å². The van der Waals surface area contributed by atoms with Crippen LogP contribution in [0, 0.1) is 34.9 Å². The van der Waals surface area contributed by atoms with Crippen LogP contribution in [0.25, 0.3) is 5.57 Å². The molecular formula is C97H131B3Br2F6N6O16. The van der Waals surface area contributed by atoms with Gasteiger partial charge in [0.05, 0.1) is 94.2 Å². The Balaban J connectivity index is 0.000000218. The summed E-state index contributed by atoms with van der Waals surface area (Å²) < 4.78 is 132. The molecule has 0 radical (unpaired) electrons. The molecule has 6 aromatic carbocycles. The van der Waals surface area contributed by atoms with Crippen LogP contribution in [0.4, 0.5) is 35.9 Å². The number of nitrogens with one attached hydrogen (secondary N) is 4. The average molecular weight is 1940 g/mol. The summed E-state index contributed by atoms with van der Waals surface area (Å²) in [6.07, 6.45) is -0.147. The molecule has 3 saturated heterocycles. The molecule has 130 heavy (non-hydrogen) atoms. The minimum atomic E-state index is -1.29. The molecule has 22 nitrogen and oxygen atoms in total. The lowest BCUT2D eigenvalue weighted by atomic mass is 9.49. The van der Waals surface area contributed by atoms with Crippen LogP contribution < -0.4 is 26.7 Å². The maximum absolute atomic E-state index is 13.9. The largest absolute Gasteiger partial charge is 0.494 e. The number of hydrogen-bond donors (Lipinski definition) is 7. The van der Waals surface area contributed by atoms with Crippen LogP contribution in [0.2, 0.25) is 0 Å². The summed E-state index contributed by atoms with van der Waals surface area (Å²) in [5, 5.41) is 44.9. The molecule has 710 valence electrons. The quantitative estimate of drug-likeness (QED) is 0.0186. The SMILES string of the molecule is C=C(C)Br.C=C(C)c1cccc(C2(NC[C@@H](O)[C@H](Cc3cc(F)cc(F)c3)NC(C)=O)CC2)c1.CC(=O)N[C@@H](Cc1cc(F)cc(F)c1)[C@H](O)CN(C(=O)OC(C)(C)C)C1(c2cccc(B3OC(C)(C)C(C)(C)O3)c2)CC1.CC(=O)N[C@@H](Cc1cc(F)cc(F)c1)[C@H](O)CN(C(=O)OC(C)(C)C)C1(c2cccc(Br)c2)CC1.CC1(C)OB(B2OC(C)(C)C(C)(C)O2)OC1(C)C. The molecule has 0 bridgehead atoms. The third kappa shape index (κ3) is 29.5. The topological polar surface area (TPSA) is 274 Å². The van der Waals surface area contributed by atoms with Crippen molar-refractivity contribution in [1.29, 1.82) is 0 Å². The first-order valence-electron chi connectivity index (χ1n) is 43.9. The van der Waals surface area contributed by atoms with E-state index in [1.54, 1.807) is 41.5 Å². The molecule has 0 unspecified atom stereocenters. The number of carbonyl (C=O) groups is 5. The van der Waals surface area contributed by atoms with Gasteiger partial charge in [-0.3, -0.25) is 24.2 Å². The molecule has 3 aliphatic carbocycles. The van der Waals surface area contributed by atoms with Gasteiger partial charge in [-0.15, -0.1) is 0 Å². The van der Waals surface area contributed by atoms with E-state index >= 15 is 0 Å². The van der Waals surface area contributed by atoms with Gasteiger partial charge in [0.25, 0.3) is 0 Å². The summed E-state index contributed by atoms with van der Waals surface area (Å²) in [5.74, 6) is -5.56. The number of ether oxygens (including phenoxy) is 2. The molecule has 7 N–H and O–H groups in total. The van der Waals surface area contributed by atoms with Crippen molar-refractivity contribution in [3.63, 3.8) is 0 Å². The highest BCUT2D eigenvalue weighted by Gasteiger charge is 2.64. The van der Waals surface area contributed by atoms with Gasteiger partial charge >= 0.3 is 33.3 Å². The van der Waals surface area contributed by atoms with E-state index in [1.165, 1.54) is 42.7 Å². The van der Waals surface area contributed by atoms with Gasteiger partial charge < -0.3 is 74.0 Å². The number of nitrogens with zero attached hydrogens (tertiary/aromatic N) is 2. The summed E-state index contributed by atoms with van der Waals surface area (Å²) in [4.78, 5) is 65.6. The van der Waals surface area contributed by atoms with Gasteiger partial charge in [-0.1, -0.05) is 105 Å². The van der Waals surface area contributed by atoms with Crippen molar-refractivity contribution in [1.82, 2.24) is 31.1 Å². The Hall–Kier alpha value is -7.92. The van der Waals surface area contributed by atoms with E-state index < -0.39 is 150 Å². The average Bonchev–Trinajstić information content (AvgIpc) is 1.58. The van der Waals surface area contributed by atoms with Gasteiger partial charge in [0.1, 0.15) is 46.1 Å². The van der Waals surface area contributed by atoms with Crippen LogP contribution in [0.1, 0.15) is 237 Å². The number of carbonyl (C=O) groups excluding carboxylic acids is 5. The molecule has 6 atom stereocenters. The van der Waals surface area contributed by atoms with E-state index in [-0.39, 0.29) is 83.9 Å². The van der Waals surface area contributed by atoms with Crippen molar-refractivity contribution in [2.75, 3.05) is 19.6 Å². The van der Waals surface area contributed by atoms with Crippen molar-refractivity contribution in [2.24, 2.45) is 0 Å². The Morgan fingerprint density at radius 1 is 0.446 bits per heavy atom. The van der Waals surface area contributed by atoms with Gasteiger partial charge in [-0.05, 0) is 300 Å². The summed E-state index contributed by atoms with van der Waals surface area (Å²) >= 11 is 6.55. The molecule has 3 aliphatic heterocycles. The Morgan fingerprint density at radius 3 is 1.06 bits per heavy atom. The maximum atomic E-state index is 13.9. The smallest absolute Gasteiger partial charge is 0.444 e. The zero-order chi connectivity index (χ0) is 97.4. The minimum Gasteiger partial charge on any atom is -0.444 e. The Kier molecular flexibility index (Phi) is 35.3. The predicted molar refractivity (Wildman–Crippen MR) is 501 cm³/mol. The van der Waals surface area contributed by atoms with Gasteiger partial charge in [0, 0.05) is 55.5 Å². The van der Waals surface area contributed by atoms with Crippen LogP contribution >= 0.6 is 31.9 Å². The van der Waals surface area contributed by atoms with Crippen molar-refractivity contribution in [3.05, 3.63) is 223 Å². The molecule has 12 rings (SSSR count). The first-order chi connectivity index (χ1) is 59.9. The second-order valence-electron chi connectivity index (χ2n) is 39.8. The van der Waals surface area contributed by atoms with E-state index in [9.17, 15) is 65.6 Å². The number of amides is 5. The highest BCUT2D eigenvalue weighted by Crippen LogP contribution is 2.54. The molecule has 33 heteroatoms. The van der Waals surface area contributed by atoms with Crippen molar-refractivity contribution in [3.8, 4) is 0 Å². The second kappa shape index (κ2) is 42.8. The fourth-order valence-electron chi connectivity index (χ4n) is 15.3. The normalized spacial score (nSPS) is 19.4. The van der Waals surface area contributed by atoms with E-state index in [2.05, 4.69) is 78.4 Å². The third-order valence-electron chi connectivity index (χ3n) is 24.5. The van der Waals surface area contributed by atoms with Crippen LogP contribution in [0.15, 0.2) is 150 Å². The number of aliphatic hydroxyl groups is 3. The van der Waals surface area contributed by atoms with Gasteiger partial charge in [-0.2, -0.15) is 0 Å². The van der Waals surface area contributed by atoms with Crippen LogP contribution in [0.3, 0.4) is 0 Å². The number of hydrogen-bond acceptors (Lipinski definition) is 17. The van der Waals surface area contributed by atoms with Crippen LogP contribution in [-0.2, 0) is 87.7 Å². The molecule has 3 heterocycles. The molecule has 3 saturated carbocycles. The molecule has 6 aliphatic rings. The highest BCUT2D eigenvalue weighted by molar-refractivity contribution is 9.11. The van der Waals surface area contributed by atoms with Crippen molar-refractivity contribution in [2.45, 2.75) is 315 Å². The third-order valence-corrected chi connectivity index (χ3v) is 25.0. The number of benzene rings is 6. The highest BCUT2D eigenvalue weighted by atomic mass is 79.9. The zero-order valence-corrected chi connectivity index (χ0v) is 82.5. The zero-order valence-electron chi connectivity index (χ0n) is 79.3. The predicted octanol–water partition coefficient (Wildman–Crippen LogP) is 17.5. The summed E-state index contributed by atoms with van der Waals surface area (Å²) in [7, 11) is -1.55. The number of rotatable bonds is 27. The lowest BCUT2D eigenvalue weighted by molar-refractivity contribution is -0.121. The lowest BCUT2D eigenvalue weighted by Gasteiger charge is -2.37. The molecular weight excluding hydrogens is 1810 g/mol. The molecule has 0 spiro atoms. The van der Waals surface area contributed by atoms with E-state index in [4.69, 9.17) is 37.4 Å².